The van der Waals surface area contributed by atoms with Gasteiger partial charge in [0.05, 0.1) is 32.5 Å². The smallest absolute Gasteiger partial charge is 0.204 e. The van der Waals surface area contributed by atoms with E-state index in [9.17, 15) is 20.4 Å². The first kappa shape index (κ1) is 106. The van der Waals surface area contributed by atoms with Gasteiger partial charge in [-0.3, -0.25) is 0 Å². The molecule has 0 radical (unpaired) electrons. The van der Waals surface area contributed by atoms with E-state index < -0.39 is 97.1 Å². The summed E-state index contributed by atoms with van der Waals surface area (Å²) >= 11 is 0. The van der Waals surface area contributed by atoms with Gasteiger partial charge in [0, 0.05) is 104 Å². The number of unbranched alkanes of at least 4 members (excludes halogenated alkanes) is 16. The van der Waals surface area contributed by atoms with Crippen molar-refractivity contribution < 1.29 is 20.4 Å². The molecule has 0 aliphatic rings. The minimum Gasteiger partial charge on any atom is -0.388 e. The predicted molar refractivity (Wildman–Crippen MR) is 528 cm³/mol. The third-order valence-electron chi connectivity index (χ3n) is 25.5. The Morgan fingerprint density at radius 3 is 0.496 bits per heavy atom. The number of nitrogens with zero attached hydrogens (tertiary/aromatic N) is 8. The topological polar surface area (TPSA) is 184 Å². The molecule has 4 aromatic rings. The van der Waals surface area contributed by atoms with Crippen molar-refractivity contribution in [3.63, 3.8) is 0 Å². The zero-order valence-corrected chi connectivity index (χ0v) is 88.4. The molecule has 0 spiro atoms. The molecule has 656 valence electrons. The summed E-state index contributed by atoms with van der Waals surface area (Å²) in [6.45, 7) is 56.8. The number of aromatic nitrogens is 8. The van der Waals surface area contributed by atoms with Crippen LogP contribution in [-0.4, -0.2) is 133 Å². The Hall–Kier alpha value is -3.65. The number of hydrogen-bond acceptors (Lipinski definition) is 12. The standard InChI is InChI=1S/C96H172N8O4Si9/c1-81(2)93(105)85-73-97-89(98-74-85)49-69-113(17,18)61-37-25-33-53-109(9,10)57-41-29-45-65-117(66-46-30-42-58-110(11,12)54-34-26-38-62-114(19,20)70-50-90-99-75-86(76-100-90)94(106)82(3)4,67-47-31-43-59-111(13,14)55-35-27-39-63-115(21,22)71-51-91-101-77-87(78-102-91)95(107)83(5)6)68-48-32-44-60-112(15,16)56-36-28-40-64-116(23,24)72-52-92-103-79-88(80-104-92)96(108)84(7)8/h73-84,93-96,105-108H,25-48,53-68H2,1-24H3/t93-,94-,95-,96-/m0/s1. The van der Waals surface area contributed by atoms with Crippen molar-refractivity contribution >= 4 is 72.7 Å². The minimum absolute atomic E-state index is 0.122. The van der Waals surface area contributed by atoms with Gasteiger partial charge in [-0.15, -0.1) is 22.2 Å². The molecule has 0 unspecified atom stereocenters. The molecule has 4 heterocycles. The van der Waals surface area contributed by atoms with Crippen LogP contribution in [-0.2, 0) is 0 Å². The van der Waals surface area contributed by atoms with Crippen molar-refractivity contribution in [2.75, 3.05) is 0 Å². The Morgan fingerprint density at radius 1 is 0.214 bits per heavy atom. The van der Waals surface area contributed by atoms with E-state index in [2.05, 4.69) is 190 Å². The molecule has 0 fully saturated rings. The lowest BCUT2D eigenvalue weighted by Gasteiger charge is -2.34. The maximum Gasteiger partial charge on any atom is 0.204 e. The highest BCUT2D eigenvalue weighted by Crippen LogP contribution is 2.38. The van der Waals surface area contributed by atoms with Crippen LogP contribution in [0.1, 0.15) is 279 Å². The van der Waals surface area contributed by atoms with Gasteiger partial charge in [0.25, 0.3) is 0 Å². The fraction of sp³-hybridized carbons (Fsp3) is 0.750. The first-order valence-corrected chi connectivity index (χ1v) is 76.3. The lowest BCUT2D eigenvalue weighted by molar-refractivity contribution is 0.126. The molecule has 0 bridgehead atoms. The molecular weight excluding hydrogens is 1580 g/mol. The van der Waals surface area contributed by atoms with Gasteiger partial charge in [-0.05, 0) is 71.5 Å². The molecule has 0 amide bonds. The fourth-order valence-electron chi connectivity index (χ4n) is 16.7. The third kappa shape index (κ3) is 46.1. The van der Waals surface area contributed by atoms with Crippen molar-refractivity contribution in [1.29, 1.82) is 0 Å². The lowest BCUT2D eigenvalue weighted by Crippen LogP contribution is -2.34. The van der Waals surface area contributed by atoms with Crippen LogP contribution < -0.4 is 0 Å². The third-order valence-corrected chi connectivity index (χ3v) is 54.4. The van der Waals surface area contributed by atoms with E-state index in [4.69, 9.17) is 0 Å². The van der Waals surface area contributed by atoms with Gasteiger partial charge >= 0.3 is 0 Å². The summed E-state index contributed by atoms with van der Waals surface area (Å²) in [5.41, 5.74) is 17.6. The molecule has 4 N–H and O–H groups in total. The number of aliphatic hydroxyl groups excluding tert-OH is 4. The summed E-state index contributed by atoms with van der Waals surface area (Å²) < 4.78 is 0. The van der Waals surface area contributed by atoms with Crippen LogP contribution in [0.2, 0.25) is 201 Å². The zero-order chi connectivity index (χ0) is 87.0. The molecule has 4 rings (SSSR count). The van der Waals surface area contributed by atoms with E-state index in [-0.39, 0.29) is 23.7 Å². The summed E-state index contributed by atoms with van der Waals surface area (Å²) in [4.78, 5) is 36.0. The van der Waals surface area contributed by atoms with Crippen molar-refractivity contribution in [3.8, 4) is 45.9 Å². The van der Waals surface area contributed by atoms with E-state index in [0.29, 0.717) is 23.3 Å². The molecule has 12 nitrogen and oxygen atoms in total. The summed E-state index contributed by atoms with van der Waals surface area (Å²) in [6, 6.07) is 22.8. The quantitative estimate of drug-likeness (QED) is 0.0187. The minimum atomic E-state index is -1.71. The van der Waals surface area contributed by atoms with Gasteiger partial charge in [-0.2, -0.15) is 0 Å². The molecule has 0 saturated carbocycles. The van der Waals surface area contributed by atoms with Gasteiger partial charge in [-0.1, -0.05) is 387 Å². The molecule has 0 aliphatic carbocycles. The summed E-state index contributed by atoms with van der Waals surface area (Å²) in [5.74, 6) is 16.0. The molecule has 117 heavy (non-hydrogen) atoms. The van der Waals surface area contributed by atoms with E-state index in [1.165, 1.54) is 227 Å². The Kier molecular flexibility index (Phi) is 47.7. The van der Waals surface area contributed by atoms with Gasteiger partial charge < -0.3 is 20.4 Å². The first-order chi connectivity index (χ1) is 54.8. The largest absolute Gasteiger partial charge is 0.388 e. The summed E-state index contributed by atoms with van der Waals surface area (Å²) in [6.07, 6.45) is 44.8. The molecule has 0 aliphatic heterocycles. The number of rotatable bonds is 56. The van der Waals surface area contributed by atoms with Crippen molar-refractivity contribution in [2.45, 2.75) is 435 Å². The van der Waals surface area contributed by atoms with Crippen LogP contribution in [0.3, 0.4) is 0 Å². The van der Waals surface area contributed by atoms with E-state index in [1.807, 2.05) is 55.4 Å². The molecule has 0 aromatic carbocycles. The zero-order valence-electron chi connectivity index (χ0n) is 79.4. The second kappa shape index (κ2) is 52.9. The van der Waals surface area contributed by atoms with Crippen molar-refractivity contribution in [2.24, 2.45) is 23.7 Å². The van der Waals surface area contributed by atoms with E-state index >= 15 is 0 Å². The Balaban J connectivity index is 1.41. The average Bonchev–Trinajstić information content (AvgIpc) is 0.876. The van der Waals surface area contributed by atoms with E-state index in [1.54, 1.807) is 73.8 Å². The second-order valence-electron chi connectivity index (χ2n) is 43.3. The highest BCUT2D eigenvalue weighted by Gasteiger charge is 2.33. The normalized spacial score (nSPS) is 13.9. The van der Waals surface area contributed by atoms with Crippen LogP contribution in [0.15, 0.2) is 49.6 Å². The Bertz CT molecular complexity index is 3210. The summed E-state index contributed by atoms with van der Waals surface area (Å²) in [5, 5.41) is 41.9. The Morgan fingerprint density at radius 2 is 0.350 bits per heavy atom. The van der Waals surface area contributed by atoms with Crippen LogP contribution >= 0.6 is 0 Å². The molecule has 4 aromatic heterocycles. The number of hydrogen-bond donors (Lipinski definition) is 4. The highest BCUT2D eigenvalue weighted by atomic mass is 28.3. The Labute approximate surface area is 727 Å². The first-order valence-electron chi connectivity index (χ1n) is 47.0. The maximum absolute atomic E-state index is 10.5. The van der Waals surface area contributed by atoms with Gasteiger partial charge in [0.1, 0.15) is 32.3 Å². The van der Waals surface area contributed by atoms with Gasteiger partial charge in [0.15, 0.2) is 0 Å². The highest BCUT2D eigenvalue weighted by molar-refractivity contribution is 6.86. The van der Waals surface area contributed by atoms with Crippen LogP contribution in [0.4, 0.5) is 0 Å². The molecule has 0 saturated heterocycles. The van der Waals surface area contributed by atoms with E-state index in [0.717, 1.165) is 22.3 Å². The molecule has 4 atom stereocenters. The van der Waals surface area contributed by atoms with Crippen molar-refractivity contribution in [3.05, 3.63) is 95.1 Å². The monoisotopic (exact) mass is 1750 g/mol. The lowest BCUT2D eigenvalue weighted by atomic mass is 10.0. The van der Waals surface area contributed by atoms with Crippen LogP contribution in [0.5, 0.6) is 0 Å². The van der Waals surface area contributed by atoms with Crippen LogP contribution in [0.25, 0.3) is 0 Å². The SMILES string of the molecule is CC(C)[C@H](O)c1cnc(C#C[Si](C)(C)CCCCC[Si](C)(C)CCCCC[Si](CCCCC[Si](C)(C)CCCCC[Si](C)(C)C#Cc2ncc([C@@H](O)C(C)C)cn2)(CCCCC[Si](C)(C)CCCCC[Si](C)(C)C#Cc2ncc([C@@H](O)C(C)C)cn2)CCCCC[Si](C)(C)CCCCC[Si](C)(C)C#Cc2ncc([C@@H](O)C(C)C)cn2)nc1. The number of aliphatic hydroxyl groups is 4. The van der Waals surface area contributed by atoms with Gasteiger partial charge in [0.2, 0.25) is 23.3 Å². The van der Waals surface area contributed by atoms with Gasteiger partial charge in [-0.25, -0.2) is 39.9 Å². The maximum atomic E-state index is 10.5. The molecule has 21 heteroatoms. The predicted octanol–water partition coefficient (Wildman–Crippen LogP) is 26.7. The second-order valence-corrected chi connectivity index (χ2v) is 87.7. The van der Waals surface area contributed by atoms with Crippen molar-refractivity contribution in [1.82, 2.24) is 39.9 Å². The molecular formula is C96H172N8O4Si9. The fourth-order valence-corrected chi connectivity index (χ4v) is 39.7. The average molecular weight is 1760 g/mol. The van der Waals surface area contributed by atoms with Crippen LogP contribution in [0, 0.1) is 69.5 Å². The summed E-state index contributed by atoms with van der Waals surface area (Å²) in [7, 11) is -13.6.